The van der Waals surface area contributed by atoms with Gasteiger partial charge in [0, 0.05) is 16.9 Å². The Morgan fingerprint density at radius 2 is 2.00 bits per heavy atom. The third-order valence-corrected chi connectivity index (χ3v) is 3.61. The van der Waals surface area contributed by atoms with Crippen molar-refractivity contribution in [3.05, 3.63) is 35.4 Å². The Labute approximate surface area is 106 Å². The normalized spacial score (nSPS) is 12.2. The van der Waals surface area contributed by atoms with Crippen molar-refractivity contribution in [3.8, 4) is 0 Å². The molecule has 0 aliphatic heterocycles. The molecule has 3 heteroatoms. The first-order valence-corrected chi connectivity index (χ1v) is 6.54. The van der Waals surface area contributed by atoms with Crippen molar-refractivity contribution in [2.75, 3.05) is 6.54 Å². The molecule has 0 spiro atoms. The topological polar surface area (TPSA) is 29.1 Å². The van der Waals surface area contributed by atoms with E-state index in [1.54, 1.807) is 0 Å². The van der Waals surface area contributed by atoms with Gasteiger partial charge in [0.2, 0.25) is 0 Å². The van der Waals surface area contributed by atoms with Crippen LogP contribution in [0.3, 0.4) is 0 Å². The zero-order chi connectivity index (χ0) is 12.0. The molecule has 1 amide bonds. The highest BCUT2D eigenvalue weighted by molar-refractivity contribution is 9.09. The van der Waals surface area contributed by atoms with Crippen LogP contribution in [-0.4, -0.2) is 17.3 Å². The number of hydrogen-bond acceptors (Lipinski definition) is 1. The minimum Gasteiger partial charge on any atom is -0.352 e. The molecule has 2 nitrogen and oxygen atoms in total. The lowest BCUT2D eigenvalue weighted by molar-refractivity contribution is 0.0953. The summed E-state index contributed by atoms with van der Waals surface area (Å²) < 4.78 is 0. The number of amides is 1. The second-order valence-electron chi connectivity index (χ2n) is 3.92. The van der Waals surface area contributed by atoms with Gasteiger partial charge in [0.25, 0.3) is 5.91 Å². The Morgan fingerprint density at radius 1 is 1.38 bits per heavy atom. The third kappa shape index (κ3) is 4.35. The van der Waals surface area contributed by atoms with Gasteiger partial charge in [-0.1, -0.05) is 40.5 Å². The first kappa shape index (κ1) is 13.2. The first-order chi connectivity index (χ1) is 7.63. The van der Waals surface area contributed by atoms with Gasteiger partial charge in [-0.05, 0) is 31.9 Å². The zero-order valence-electron chi connectivity index (χ0n) is 9.79. The number of carbonyl (C=O) groups excluding carboxylic acids is 1. The lowest BCUT2D eigenvalue weighted by Crippen LogP contribution is -2.25. The molecule has 1 aromatic rings. The molecule has 0 aliphatic rings. The number of halogens is 1. The van der Waals surface area contributed by atoms with Crippen LogP contribution in [0.4, 0.5) is 0 Å². The molecule has 88 valence electrons. The summed E-state index contributed by atoms with van der Waals surface area (Å²) in [7, 11) is 0. The number of aryl methyl sites for hydroxylation is 1. The minimum atomic E-state index is 0.0100. The molecule has 1 unspecified atom stereocenters. The number of hydrogen-bond donors (Lipinski definition) is 1. The summed E-state index contributed by atoms with van der Waals surface area (Å²) in [5.74, 6) is 0.0100. The number of carbonyl (C=O) groups is 1. The predicted molar refractivity (Wildman–Crippen MR) is 71.1 cm³/mol. The second-order valence-corrected chi connectivity index (χ2v) is 5.21. The van der Waals surface area contributed by atoms with Crippen LogP contribution >= 0.6 is 15.9 Å². The Hall–Kier alpha value is -0.830. The van der Waals surface area contributed by atoms with E-state index < -0.39 is 0 Å². The fourth-order valence-electron chi connectivity index (χ4n) is 1.35. The fourth-order valence-corrected chi connectivity index (χ4v) is 1.58. The summed E-state index contributed by atoms with van der Waals surface area (Å²) in [5, 5.41) is 2.91. The minimum absolute atomic E-state index is 0.0100. The highest BCUT2D eigenvalue weighted by Gasteiger charge is 2.05. The van der Waals surface area contributed by atoms with Gasteiger partial charge < -0.3 is 5.32 Å². The van der Waals surface area contributed by atoms with E-state index in [9.17, 15) is 4.79 Å². The van der Waals surface area contributed by atoms with E-state index in [-0.39, 0.29) is 5.91 Å². The van der Waals surface area contributed by atoms with Gasteiger partial charge in [-0.15, -0.1) is 0 Å². The molecule has 0 fully saturated rings. The van der Waals surface area contributed by atoms with Crippen LogP contribution in [-0.2, 0) is 0 Å². The Morgan fingerprint density at radius 3 is 2.56 bits per heavy atom. The number of nitrogens with one attached hydrogen (secondary N) is 1. The van der Waals surface area contributed by atoms with Gasteiger partial charge in [-0.3, -0.25) is 4.79 Å². The van der Waals surface area contributed by atoms with Crippen molar-refractivity contribution in [3.63, 3.8) is 0 Å². The molecule has 0 saturated carbocycles. The molecule has 0 bridgehead atoms. The summed E-state index contributed by atoms with van der Waals surface area (Å²) >= 11 is 3.54. The molecule has 1 N–H and O–H groups in total. The molecule has 16 heavy (non-hydrogen) atoms. The lowest BCUT2D eigenvalue weighted by atomic mass is 10.1. The molecule has 0 radical (unpaired) electrons. The van der Waals surface area contributed by atoms with Crippen molar-refractivity contribution >= 4 is 21.8 Å². The average molecular weight is 284 g/mol. The van der Waals surface area contributed by atoms with Crippen molar-refractivity contribution in [1.82, 2.24) is 5.32 Å². The van der Waals surface area contributed by atoms with E-state index >= 15 is 0 Å². The molecule has 1 rings (SSSR count). The summed E-state index contributed by atoms with van der Waals surface area (Å²) in [5.41, 5.74) is 1.90. The Kier molecular flexibility index (Phi) is 5.53. The van der Waals surface area contributed by atoms with Crippen LogP contribution in [0.2, 0.25) is 0 Å². The quantitative estimate of drug-likeness (QED) is 0.826. The summed E-state index contributed by atoms with van der Waals surface area (Å²) in [6, 6.07) is 7.62. The zero-order valence-corrected chi connectivity index (χ0v) is 11.4. The predicted octanol–water partition coefficient (Wildman–Crippen LogP) is 3.29. The molecule has 1 atom stereocenters. The molecular formula is C13H18BrNO. The fraction of sp³-hybridized carbons (Fsp3) is 0.462. The second kappa shape index (κ2) is 6.69. The molecule has 0 heterocycles. The number of benzene rings is 1. The molecule has 1 aromatic carbocycles. The number of rotatable bonds is 5. The van der Waals surface area contributed by atoms with Gasteiger partial charge in [-0.2, -0.15) is 0 Å². The maximum absolute atomic E-state index is 11.7. The van der Waals surface area contributed by atoms with E-state index in [0.29, 0.717) is 4.83 Å². The first-order valence-electron chi connectivity index (χ1n) is 5.62. The standard InChI is InChI=1S/C13H18BrNO/c1-3-12(14)8-9-15-13(16)11-6-4-10(2)5-7-11/h4-7,12H,3,8-9H2,1-2H3,(H,15,16). The van der Waals surface area contributed by atoms with E-state index in [2.05, 4.69) is 28.2 Å². The van der Waals surface area contributed by atoms with Crippen LogP contribution in [0.25, 0.3) is 0 Å². The van der Waals surface area contributed by atoms with Crippen molar-refractivity contribution in [2.45, 2.75) is 31.5 Å². The maximum Gasteiger partial charge on any atom is 0.251 e. The van der Waals surface area contributed by atoms with Gasteiger partial charge in [0.05, 0.1) is 0 Å². The highest BCUT2D eigenvalue weighted by Crippen LogP contribution is 2.08. The van der Waals surface area contributed by atoms with Crippen LogP contribution in [0.5, 0.6) is 0 Å². The molecular weight excluding hydrogens is 266 g/mol. The summed E-state index contributed by atoms with van der Waals surface area (Å²) in [4.78, 5) is 12.2. The summed E-state index contributed by atoms with van der Waals surface area (Å²) in [6.45, 7) is 4.86. The van der Waals surface area contributed by atoms with Gasteiger partial charge in [-0.25, -0.2) is 0 Å². The van der Waals surface area contributed by atoms with Crippen molar-refractivity contribution in [2.24, 2.45) is 0 Å². The largest absolute Gasteiger partial charge is 0.352 e. The molecule has 0 aromatic heterocycles. The molecule has 0 aliphatic carbocycles. The van der Waals surface area contributed by atoms with Gasteiger partial charge in [0.15, 0.2) is 0 Å². The monoisotopic (exact) mass is 283 g/mol. The third-order valence-electron chi connectivity index (χ3n) is 2.50. The van der Waals surface area contributed by atoms with Crippen LogP contribution in [0.1, 0.15) is 35.7 Å². The highest BCUT2D eigenvalue weighted by atomic mass is 79.9. The smallest absolute Gasteiger partial charge is 0.251 e. The average Bonchev–Trinajstić information content (AvgIpc) is 2.29. The van der Waals surface area contributed by atoms with Gasteiger partial charge in [0.1, 0.15) is 0 Å². The van der Waals surface area contributed by atoms with Crippen molar-refractivity contribution < 1.29 is 4.79 Å². The van der Waals surface area contributed by atoms with E-state index in [4.69, 9.17) is 0 Å². The molecule has 0 saturated heterocycles. The van der Waals surface area contributed by atoms with E-state index in [0.717, 1.165) is 24.9 Å². The Balaban J connectivity index is 2.38. The van der Waals surface area contributed by atoms with E-state index in [1.165, 1.54) is 5.56 Å². The maximum atomic E-state index is 11.7. The Bertz CT molecular complexity index is 334. The van der Waals surface area contributed by atoms with Crippen LogP contribution < -0.4 is 5.32 Å². The summed E-state index contributed by atoms with van der Waals surface area (Å²) in [6.07, 6.45) is 2.05. The van der Waals surface area contributed by atoms with Crippen LogP contribution in [0, 0.1) is 6.92 Å². The lowest BCUT2D eigenvalue weighted by Gasteiger charge is -2.08. The van der Waals surface area contributed by atoms with Crippen LogP contribution in [0.15, 0.2) is 24.3 Å². The van der Waals surface area contributed by atoms with E-state index in [1.807, 2.05) is 31.2 Å². The SMILES string of the molecule is CCC(Br)CCNC(=O)c1ccc(C)cc1. The number of alkyl halides is 1. The van der Waals surface area contributed by atoms with Gasteiger partial charge >= 0.3 is 0 Å². The van der Waals surface area contributed by atoms with Crippen molar-refractivity contribution in [1.29, 1.82) is 0 Å².